The van der Waals surface area contributed by atoms with Crippen molar-refractivity contribution in [1.29, 1.82) is 0 Å². The summed E-state index contributed by atoms with van der Waals surface area (Å²) in [4.78, 5) is 26.6. The summed E-state index contributed by atoms with van der Waals surface area (Å²) in [5, 5.41) is 9.93. The van der Waals surface area contributed by atoms with Crippen molar-refractivity contribution in [3.05, 3.63) is 50.1 Å². The van der Waals surface area contributed by atoms with Crippen molar-refractivity contribution < 1.29 is 23.4 Å². The topological polar surface area (TPSA) is 94.6 Å². The molecule has 3 N–H and O–H groups in total. The summed E-state index contributed by atoms with van der Waals surface area (Å²) in [5.74, 6) is -2.78. The molecule has 0 saturated heterocycles. The van der Waals surface area contributed by atoms with Gasteiger partial charge in [-0.3, -0.25) is 4.79 Å². The summed E-state index contributed by atoms with van der Waals surface area (Å²) in [6.45, 7) is 1.67. The second-order valence-corrected chi connectivity index (χ2v) is 9.41. The SMILES string of the molecule is CCOC(=O)c1cn(C2CC2)c2c(F)c(-c3cc4c(s3)CCCC4O)c(F)c(N)c2c1=O. The zero-order valence-corrected chi connectivity index (χ0v) is 18.2. The summed E-state index contributed by atoms with van der Waals surface area (Å²) >= 11 is 1.23. The molecule has 0 radical (unpaired) electrons. The number of nitrogens with two attached hydrogens (primary N) is 1. The van der Waals surface area contributed by atoms with Gasteiger partial charge in [0, 0.05) is 22.0 Å². The van der Waals surface area contributed by atoms with Gasteiger partial charge >= 0.3 is 5.97 Å². The van der Waals surface area contributed by atoms with Crippen LogP contribution in [0, 0.1) is 11.6 Å². The minimum Gasteiger partial charge on any atom is -0.462 e. The standard InChI is InChI=1S/C23H22F2N2O4S/c1-2-31-23(30)12-9-27(10-6-7-10)21-17(22(12)29)20(26)18(24)16(19(21)25)15-8-11-13(28)4-3-5-14(11)32-15/h8-10,13,28H,2-7,26H2,1H3. The predicted molar refractivity (Wildman–Crippen MR) is 118 cm³/mol. The Morgan fingerprint density at radius 2 is 2.06 bits per heavy atom. The molecule has 1 atom stereocenters. The highest BCUT2D eigenvalue weighted by Gasteiger charge is 2.33. The molecule has 0 spiro atoms. The van der Waals surface area contributed by atoms with Crippen LogP contribution in [-0.4, -0.2) is 22.2 Å². The van der Waals surface area contributed by atoms with E-state index in [2.05, 4.69) is 0 Å². The molecule has 0 amide bonds. The molecule has 2 aliphatic rings. The van der Waals surface area contributed by atoms with Crippen molar-refractivity contribution in [3.63, 3.8) is 0 Å². The number of pyridine rings is 1. The number of aliphatic hydroxyl groups excluding tert-OH is 1. The highest BCUT2D eigenvalue weighted by Crippen LogP contribution is 2.45. The van der Waals surface area contributed by atoms with Gasteiger partial charge in [0.05, 0.1) is 34.9 Å². The van der Waals surface area contributed by atoms with Crippen molar-refractivity contribution in [3.8, 4) is 10.4 Å². The van der Waals surface area contributed by atoms with Crippen LogP contribution in [0.3, 0.4) is 0 Å². The van der Waals surface area contributed by atoms with Gasteiger partial charge in [0.25, 0.3) is 0 Å². The normalized spacial score (nSPS) is 18.1. The van der Waals surface area contributed by atoms with Crippen LogP contribution in [0.1, 0.15) is 65.6 Å². The fourth-order valence-corrected chi connectivity index (χ4v) is 5.72. The molecule has 9 heteroatoms. The fraction of sp³-hybridized carbons (Fsp3) is 0.391. The number of nitrogen functional groups attached to an aromatic ring is 1. The number of thiophene rings is 1. The van der Waals surface area contributed by atoms with Gasteiger partial charge in [-0.05, 0) is 50.7 Å². The Hall–Kier alpha value is -2.78. The van der Waals surface area contributed by atoms with Crippen LogP contribution in [-0.2, 0) is 11.2 Å². The van der Waals surface area contributed by atoms with E-state index in [1.54, 1.807) is 13.0 Å². The number of nitrogens with zero attached hydrogens (tertiary/aromatic N) is 1. The number of aliphatic hydroxyl groups is 1. The fourth-order valence-electron chi connectivity index (χ4n) is 4.43. The van der Waals surface area contributed by atoms with Gasteiger partial charge in [0.15, 0.2) is 11.6 Å². The highest BCUT2D eigenvalue weighted by molar-refractivity contribution is 7.15. The molecule has 5 rings (SSSR count). The van der Waals surface area contributed by atoms with Crippen LogP contribution < -0.4 is 11.2 Å². The van der Waals surface area contributed by atoms with E-state index < -0.39 is 34.8 Å². The zero-order chi connectivity index (χ0) is 22.7. The van der Waals surface area contributed by atoms with Crippen LogP contribution in [0.5, 0.6) is 0 Å². The largest absolute Gasteiger partial charge is 0.462 e. The number of carbonyl (C=O) groups is 1. The second kappa shape index (κ2) is 7.67. The third kappa shape index (κ3) is 3.14. The molecule has 0 aliphatic heterocycles. The lowest BCUT2D eigenvalue weighted by molar-refractivity contribution is 0.0524. The Labute approximate surface area is 186 Å². The number of hydrogen-bond acceptors (Lipinski definition) is 6. The third-order valence-electron chi connectivity index (χ3n) is 6.15. The van der Waals surface area contributed by atoms with E-state index >= 15 is 8.78 Å². The number of ether oxygens (including phenoxy) is 1. The minimum absolute atomic E-state index is 0.0613. The quantitative estimate of drug-likeness (QED) is 0.443. The number of halogens is 2. The predicted octanol–water partition coefficient (Wildman–Crippen LogP) is 4.47. The number of anilines is 1. The molecule has 0 bridgehead atoms. The summed E-state index contributed by atoms with van der Waals surface area (Å²) in [5.41, 5.74) is 4.70. The number of rotatable bonds is 4. The maximum absolute atomic E-state index is 15.9. The van der Waals surface area contributed by atoms with Gasteiger partial charge in [0.1, 0.15) is 5.56 Å². The van der Waals surface area contributed by atoms with Crippen molar-refractivity contribution in [1.82, 2.24) is 4.57 Å². The molecule has 1 saturated carbocycles. The van der Waals surface area contributed by atoms with E-state index in [1.807, 2.05) is 0 Å². The van der Waals surface area contributed by atoms with Gasteiger partial charge < -0.3 is 20.1 Å². The van der Waals surface area contributed by atoms with Crippen LogP contribution in [0.15, 0.2) is 17.1 Å². The highest BCUT2D eigenvalue weighted by atomic mass is 32.1. The number of hydrogen-bond donors (Lipinski definition) is 2. The number of esters is 1. The smallest absolute Gasteiger partial charge is 0.343 e. The molecule has 1 fully saturated rings. The lowest BCUT2D eigenvalue weighted by atomic mass is 9.95. The first-order valence-corrected chi connectivity index (χ1v) is 11.5. The first-order valence-electron chi connectivity index (χ1n) is 10.7. The number of fused-ring (bicyclic) bond motifs is 2. The molecule has 32 heavy (non-hydrogen) atoms. The Morgan fingerprint density at radius 1 is 1.31 bits per heavy atom. The number of aromatic nitrogens is 1. The molecule has 2 heterocycles. The molecule has 3 aromatic rings. The van der Waals surface area contributed by atoms with Crippen molar-refractivity contribution in [2.24, 2.45) is 0 Å². The summed E-state index contributed by atoms with van der Waals surface area (Å²) < 4.78 is 37.9. The molecule has 1 aromatic carbocycles. The minimum atomic E-state index is -1.04. The van der Waals surface area contributed by atoms with Crippen LogP contribution in [0.25, 0.3) is 21.3 Å². The van der Waals surface area contributed by atoms with Gasteiger partial charge in [-0.25, -0.2) is 13.6 Å². The summed E-state index contributed by atoms with van der Waals surface area (Å²) in [6.07, 6.45) is 4.26. The van der Waals surface area contributed by atoms with Crippen LogP contribution in [0.4, 0.5) is 14.5 Å². The number of carbonyl (C=O) groups excluding carboxylic acids is 1. The van der Waals surface area contributed by atoms with Gasteiger partial charge in [0.2, 0.25) is 5.43 Å². The number of aryl methyl sites for hydroxylation is 1. The molecule has 168 valence electrons. The molecule has 6 nitrogen and oxygen atoms in total. The van der Waals surface area contributed by atoms with E-state index in [0.717, 1.165) is 30.6 Å². The van der Waals surface area contributed by atoms with Crippen LogP contribution in [0.2, 0.25) is 0 Å². The first kappa shape index (κ1) is 21.1. The molecular formula is C23H22F2N2O4S. The van der Waals surface area contributed by atoms with E-state index in [1.165, 1.54) is 22.1 Å². The van der Waals surface area contributed by atoms with E-state index in [4.69, 9.17) is 10.5 Å². The second-order valence-electron chi connectivity index (χ2n) is 8.27. The van der Waals surface area contributed by atoms with Crippen molar-refractivity contribution in [2.75, 3.05) is 12.3 Å². The maximum atomic E-state index is 15.9. The molecule has 2 aromatic heterocycles. The van der Waals surface area contributed by atoms with E-state index in [0.29, 0.717) is 16.9 Å². The maximum Gasteiger partial charge on any atom is 0.343 e. The Balaban J connectivity index is 1.81. The summed E-state index contributed by atoms with van der Waals surface area (Å²) in [6, 6.07) is 1.50. The van der Waals surface area contributed by atoms with E-state index in [-0.39, 0.29) is 34.7 Å². The van der Waals surface area contributed by atoms with Gasteiger partial charge in [-0.2, -0.15) is 0 Å². The van der Waals surface area contributed by atoms with Gasteiger partial charge in [-0.1, -0.05) is 0 Å². The molecule has 2 aliphatic carbocycles. The molecule has 1 unspecified atom stereocenters. The van der Waals surface area contributed by atoms with E-state index in [9.17, 15) is 14.7 Å². The summed E-state index contributed by atoms with van der Waals surface area (Å²) in [7, 11) is 0. The Bertz CT molecular complexity index is 1330. The van der Waals surface area contributed by atoms with Gasteiger partial charge in [-0.15, -0.1) is 11.3 Å². The average Bonchev–Trinajstić information content (AvgIpc) is 3.51. The lowest BCUT2D eigenvalue weighted by Crippen LogP contribution is -2.23. The third-order valence-corrected chi connectivity index (χ3v) is 7.38. The monoisotopic (exact) mass is 460 g/mol. The van der Waals surface area contributed by atoms with Crippen LogP contribution >= 0.6 is 11.3 Å². The Kier molecular flexibility index (Phi) is 5.05. The lowest BCUT2D eigenvalue weighted by Gasteiger charge is -2.17. The first-order chi connectivity index (χ1) is 15.3. The van der Waals surface area contributed by atoms with Crippen molar-refractivity contribution >= 4 is 33.9 Å². The average molecular weight is 461 g/mol. The molecular weight excluding hydrogens is 438 g/mol. The van der Waals surface area contributed by atoms with Crippen molar-refractivity contribution in [2.45, 2.75) is 51.2 Å². The Morgan fingerprint density at radius 3 is 2.72 bits per heavy atom. The number of benzene rings is 1. The zero-order valence-electron chi connectivity index (χ0n) is 17.4.